The van der Waals surface area contributed by atoms with Gasteiger partial charge in [0.15, 0.2) is 0 Å². The van der Waals surface area contributed by atoms with Crippen molar-refractivity contribution in [3.8, 4) is 0 Å². The SMILES string of the molecule is CCC[CH2][Sn]([CH2]CCC)([CH2]CCC)[c]1nc(NC(=O)OC(C)(C)C)[c]([Sn]([CH2]CCC)([CH2]CCC)[CH2]CCC)nc1NC(=O)OC(C)(C)C. The third kappa shape index (κ3) is 15.6. The summed E-state index contributed by atoms with van der Waals surface area (Å²) in [5.41, 5.74) is -1.28. The van der Waals surface area contributed by atoms with Gasteiger partial charge in [-0.1, -0.05) is 0 Å². The zero-order valence-corrected chi connectivity index (χ0v) is 39.0. The molecule has 1 aromatic rings. The van der Waals surface area contributed by atoms with Gasteiger partial charge in [-0.05, 0) is 0 Å². The number of anilines is 2. The van der Waals surface area contributed by atoms with E-state index >= 15 is 0 Å². The van der Waals surface area contributed by atoms with Crippen molar-refractivity contribution in [2.24, 2.45) is 0 Å². The molecule has 0 aliphatic rings. The third-order valence-corrected chi connectivity index (χ3v) is 39.4. The fraction of sp³-hybridized carbons (Fsp3) is 0.842. The molecule has 0 radical (unpaired) electrons. The molecule has 1 rings (SSSR count). The molecule has 0 atom stereocenters. The van der Waals surface area contributed by atoms with E-state index in [9.17, 15) is 9.59 Å². The quantitative estimate of drug-likeness (QED) is 0.112. The van der Waals surface area contributed by atoms with E-state index in [4.69, 9.17) is 19.4 Å². The van der Waals surface area contributed by atoms with Crippen molar-refractivity contribution in [2.75, 3.05) is 10.6 Å². The van der Waals surface area contributed by atoms with E-state index in [0.717, 1.165) is 111 Å². The molecule has 48 heavy (non-hydrogen) atoms. The maximum atomic E-state index is 13.6. The fourth-order valence-corrected chi connectivity index (χ4v) is 38.2. The standard InChI is InChI=1S/C14H20N4O4.6C4H9.2Sn/c1-13(2,3)21-11(19)17-9-7-16-10(8-15-9)18-12(20)22-14(4,5)6;6*1-3-4-2;;/h1-6H3,(H,15,17,19)(H,16,18,20);6*1,3-4H2,2H3;;. The average molecular weight is 888 g/mol. The summed E-state index contributed by atoms with van der Waals surface area (Å²) < 4.78 is 20.7. The van der Waals surface area contributed by atoms with Crippen LogP contribution in [0.3, 0.4) is 0 Å². The summed E-state index contributed by atoms with van der Waals surface area (Å²) in [6.07, 6.45) is 12.6. The predicted octanol–water partition coefficient (Wildman–Crippen LogP) is 11.3. The first-order valence-corrected chi connectivity index (χ1v) is 34.4. The molecule has 8 nitrogen and oxygen atoms in total. The topological polar surface area (TPSA) is 102 Å². The number of carbonyl (C=O) groups is 2. The zero-order valence-electron chi connectivity index (χ0n) is 33.3. The van der Waals surface area contributed by atoms with E-state index in [-0.39, 0.29) is 0 Å². The normalized spacial score (nSPS) is 12.6. The molecule has 278 valence electrons. The summed E-state index contributed by atoms with van der Waals surface area (Å²) in [4.78, 5) is 38.4. The fourth-order valence-electron chi connectivity index (χ4n) is 6.70. The number of carbonyl (C=O) groups excluding carboxylic acids is 2. The number of rotatable bonds is 22. The maximum absolute atomic E-state index is 13.6. The van der Waals surface area contributed by atoms with Crippen LogP contribution in [0.4, 0.5) is 21.2 Å². The van der Waals surface area contributed by atoms with E-state index in [1.807, 2.05) is 41.5 Å². The molecular weight excluding hydrogens is 814 g/mol. The second kappa shape index (κ2) is 22.2. The second-order valence-corrected chi connectivity index (χ2v) is 41.9. The molecule has 0 aliphatic heterocycles. The number of ether oxygens (including phenoxy) is 2. The number of nitrogens with zero attached hydrogens (tertiary/aromatic N) is 2. The minimum atomic E-state index is -3.33. The summed E-state index contributed by atoms with van der Waals surface area (Å²) in [5, 5.41) is 6.42. The van der Waals surface area contributed by atoms with Crippen LogP contribution in [0.5, 0.6) is 0 Å². The first-order chi connectivity index (χ1) is 22.6. The van der Waals surface area contributed by atoms with Gasteiger partial charge >= 0.3 is 306 Å². The molecule has 0 aliphatic carbocycles. The molecule has 0 aromatic carbocycles. The predicted molar refractivity (Wildman–Crippen MR) is 211 cm³/mol. The molecule has 1 heterocycles. The van der Waals surface area contributed by atoms with Gasteiger partial charge in [0, 0.05) is 0 Å². The Morgan fingerprint density at radius 2 is 0.729 bits per heavy atom. The van der Waals surface area contributed by atoms with Gasteiger partial charge in [0.05, 0.1) is 0 Å². The molecule has 0 saturated heterocycles. The van der Waals surface area contributed by atoms with E-state index in [1.165, 1.54) is 0 Å². The Balaban J connectivity index is 4.37. The van der Waals surface area contributed by atoms with Gasteiger partial charge in [0.2, 0.25) is 0 Å². The van der Waals surface area contributed by atoms with E-state index in [1.54, 1.807) is 0 Å². The third-order valence-electron chi connectivity index (χ3n) is 9.19. The summed E-state index contributed by atoms with van der Waals surface area (Å²) in [5.74, 6) is 1.25. The van der Waals surface area contributed by atoms with E-state index < -0.39 is 60.1 Å². The zero-order chi connectivity index (χ0) is 36.4. The first-order valence-electron chi connectivity index (χ1n) is 19.5. The van der Waals surface area contributed by atoms with Crippen molar-refractivity contribution in [3.05, 3.63) is 0 Å². The molecule has 0 bridgehead atoms. The summed E-state index contributed by atoms with van der Waals surface area (Å²) in [6.45, 7) is 25.0. The molecule has 0 fully saturated rings. The van der Waals surface area contributed by atoms with Crippen LogP contribution in [0.15, 0.2) is 0 Å². The Morgan fingerprint density at radius 3 is 0.917 bits per heavy atom. The van der Waals surface area contributed by atoms with Crippen LogP contribution >= 0.6 is 0 Å². The van der Waals surface area contributed by atoms with Crippen LogP contribution in [0.25, 0.3) is 0 Å². The van der Waals surface area contributed by atoms with Gasteiger partial charge in [-0.3, -0.25) is 0 Å². The molecule has 0 unspecified atom stereocenters. The van der Waals surface area contributed by atoms with E-state index in [0.29, 0.717) is 11.6 Å². The van der Waals surface area contributed by atoms with Gasteiger partial charge in [0.25, 0.3) is 0 Å². The Labute approximate surface area is 303 Å². The molecule has 1 aromatic heterocycles. The Bertz CT molecular complexity index is 972. The summed E-state index contributed by atoms with van der Waals surface area (Å²) >= 11 is -6.67. The second-order valence-electron chi connectivity index (χ2n) is 16.1. The molecule has 2 amide bonds. The van der Waals surface area contributed by atoms with Crippen LogP contribution in [0, 0.1) is 0 Å². The van der Waals surface area contributed by atoms with Gasteiger partial charge in [-0.2, -0.15) is 0 Å². The monoisotopic (exact) mass is 890 g/mol. The Kier molecular flexibility index (Phi) is 20.9. The van der Waals surface area contributed by atoms with Gasteiger partial charge in [-0.25, -0.2) is 0 Å². The number of hydrogen-bond acceptors (Lipinski definition) is 6. The summed E-state index contributed by atoms with van der Waals surface area (Å²) in [7, 11) is 0. The van der Waals surface area contributed by atoms with Crippen LogP contribution in [0.2, 0.25) is 26.6 Å². The number of nitrogens with one attached hydrogen (secondary N) is 2. The number of amides is 2. The van der Waals surface area contributed by atoms with Crippen LogP contribution < -0.4 is 18.1 Å². The van der Waals surface area contributed by atoms with E-state index in [2.05, 4.69) is 52.2 Å². The average Bonchev–Trinajstić information content (AvgIpc) is 2.99. The Morgan fingerprint density at radius 1 is 0.500 bits per heavy atom. The van der Waals surface area contributed by atoms with Crippen LogP contribution in [0.1, 0.15) is 160 Å². The molecule has 2 N–H and O–H groups in total. The number of aromatic nitrogens is 2. The van der Waals surface area contributed by atoms with Crippen molar-refractivity contribution >= 4 is 68.0 Å². The van der Waals surface area contributed by atoms with Crippen molar-refractivity contribution < 1.29 is 19.1 Å². The van der Waals surface area contributed by atoms with Gasteiger partial charge in [0.1, 0.15) is 0 Å². The molecule has 10 heteroatoms. The van der Waals surface area contributed by atoms with Crippen molar-refractivity contribution in [1.29, 1.82) is 0 Å². The Hall–Kier alpha value is -0.783. The molecular formula is C38H74N4O4Sn2. The van der Waals surface area contributed by atoms with Crippen molar-refractivity contribution in [2.45, 2.75) is 198 Å². The molecule has 0 saturated carbocycles. The van der Waals surface area contributed by atoms with Crippen LogP contribution in [-0.4, -0.2) is 70.1 Å². The number of unbranched alkanes of at least 4 members (excludes halogenated alkanes) is 6. The first kappa shape index (κ1) is 45.2. The molecule has 0 spiro atoms. The van der Waals surface area contributed by atoms with Gasteiger partial charge < -0.3 is 0 Å². The van der Waals surface area contributed by atoms with Crippen molar-refractivity contribution in [3.63, 3.8) is 0 Å². The van der Waals surface area contributed by atoms with Crippen LogP contribution in [-0.2, 0) is 9.47 Å². The van der Waals surface area contributed by atoms with Gasteiger partial charge in [-0.15, -0.1) is 0 Å². The van der Waals surface area contributed by atoms with Crippen molar-refractivity contribution in [1.82, 2.24) is 9.97 Å². The summed E-state index contributed by atoms with van der Waals surface area (Å²) in [6, 6.07) is 0. The minimum absolute atomic E-state index is 0.477. The number of hydrogen-bond donors (Lipinski definition) is 2.